The van der Waals surface area contributed by atoms with Crippen molar-refractivity contribution in [3.05, 3.63) is 26.4 Å². The predicted octanol–water partition coefficient (Wildman–Crippen LogP) is -1.19. The molecule has 0 aliphatic rings. The van der Waals surface area contributed by atoms with Crippen LogP contribution in [0.4, 0.5) is 0 Å². The van der Waals surface area contributed by atoms with Gasteiger partial charge in [0.15, 0.2) is 6.29 Å². The standard InChI is InChI=1S/C9H13N3O5/c1-16-6(17-2)4-10-3-5-7(13)11-9(15)12-8(5)14/h3,6H,4H2,1-2H3,(H3,11,12,13,14,15). The monoisotopic (exact) mass is 243 g/mol. The first kappa shape index (κ1) is 13.1. The van der Waals surface area contributed by atoms with Crippen molar-refractivity contribution in [2.45, 2.75) is 6.29 Å². The number of ether oxygens (including phenoxy) is 2. The second-order valence-electron chi connectivity index (χ2n) is 3.07. The molecule has 1 rings (SSSR count). The quantitative estimate of drug-likeness (QED) is 0.444. The fourth-order valence-corrected chi connectivity index (χ4v) is 1.08. The van der Waals surface area contributed by atoms with Gasteiger partial charge >= 0.3 is 5.69 Å². The van der Waals surface area contributed by atoms with Gasteiger partial charge in [0.2, 0.25) is 5.88 Å². The molecule has 0 aromatic carbocycles. The molecule has 0 radical (unpaired) electrons. The zero-order valence-corrected chi connectivity index (χ0v) is 9.39. The lowest BCUT2D eigenvalue weighted by Gasteiger charge is -2.09. The minimum absolute atomic E-state index is 0.129. The van der Waals surface area contributed by atoms with Crippen LogP contribution in [-0.4, -0.2) is 48.3 Å². The van der Waals surface area contributed by atoms with Gasteiger partial charge in [-0.05, 0) is 0 Å². The van der Waals surface area contributed by atoms with Gasteiger partial charge in [0.05, 0.1) is 6.54 Å². The topological polar surface area (TPSA) is 117 Å². The number of nitrogens with one attached hydrogen (secondary N) is 2. The highest BCUT2D eigenvalue weighted by Crippen LogP contribution is 2.01. The first-order valence-electron chi connectivity index (χ1n) is 4.69. The summed E-state index contributed by atoms with van der Waals surface area (Å²) in [4.78, 5) is 29.9. The van der Waals surface area contributed by atoms with Gasteiger partial charge in [0.25, 0.3) is 5.56 Å². The molecule has 0 fully saturated rings. The lowest BCUT2D eigenvalue weighted by Crippen LogP contribution is -2.25. The number of methoxy groups -OCH3 is 2. The van der Waals surface area contributed by atoms with Crippen molar-refractivity contribution in [2.75, 3.05) is 20.8 Å². The molecule has 1 heterocycles. The maximum atomic E-state index is 11.3. The normalized spacial score (nSPS) is 11.5. The van der Waals surface area contributed by atoms with Crippen molar-refractivity contribution >= 4 is 6.21 Å². The van der Waals surface area contributed by atoms with Gasteiger partial charge in [-0.2, -0.15) is 0 Å². The molecule has 3 N–H and O–H groups in total. The van der Waals surface area contributed by atoms with Gasteiger partial charge < -0.3 is 14.6 Å². The molecule has 0 saturated carbocycles. The molecule has 0 aliphatic carbocycles. The number of nitrogens with zero attached hydrogens (tertiary/aromatic N) is 1. The van der Waals surface area contributed by atoms with Gasteiger partial charge in [0, 0.05) is 20.4 Å². The Bertz CT molecular complexity index is 500. The number of H-pyrrole nitrogens is 2. The van der Waals surface area contributed by atoms with Crippen LogP contribution >= 0.6 is 0 Å². The van der Waals surface area contributed by atoms with Crippen LogP contribution < -0.4 is 11.2 Å². The summed E-state index contributed by atoms with van der Waals surface area (Å²) >= 11 is 0. The number of aromatic amines is 2. The van der Waals surface area contributed by atoms with E-state index in [4.69, 9.17) is 9.47 Å². The van der Waals surface area contributed by atoms with E-state index in [2.05, 4.69) is 4.99 Å². The van der Waals surface area contributed by atoms with E-state index < -0.39 is 23.4 Å². The lowest BCUT2D eigenvalue weighted by molar-refractivity contribution is -0.0936. The maximum absolute atomic E-state index is 11.3. The summed E-state index contributed by atoms with van der Waals surface area (Å²) in [5.41, 5.74) is -1.63. The summed E-state index contributed by atoms with van der Waals surface area (Å²) in [6.07, 6.45) is 0.602. The largest absolute Gasteiger partial charge is 0.494 e. The SMILES string of the molecule is COC(CN=Cc1c(O)[nH]c(=O)[nH]c1=O)OC. The third kappa shape index (κ3) is 3.54. The molecule has 0 atom stereocenters. The first-order chi connectivity index (χ1) is 8.08. The summed E-state index contributed by atoms with van der Waals surface area (Å²) in [6, 6.07) is 0. The molecular weight excluding hydrogens is 230 g/mol. The van der Waals surface area contributed by atoms with Gasteiger partial charge in [-0.3, -0.25) is 19.8 Å². The minimum Gasteiger partial charge on any atom is -0.494 e. The number of aromatic nitrogens is 2. The Balaban J connectivity index is 2.85. The lowest BCUT2D eigenvalue weighted by atomic mass is 10.3. The Labute approximate surface area is 95.9 Å². The van der Waals surface area contributed by atoms with E-state index in [9.17, 15) is 14.7 Å². The Morgan fingerprint density at radius 3 is 2.53 bits per heavy atom. The number of aliphatic imine (C=N–C) groups is 1. The minimum atomic E-state index is -0.781. The molecule has 0 saturated heterocycles. The van der Waals surface area contributed by atoms with E-state index in [1.807, 2.05) is 9.97 Å². The number of aromatic hydroxyl groups is 1. The number of hydrogen-bond acceptors (Lipinski definition) is 6. The van der Waals surface area contributed by atoms with Crippen LogP contribution in [0.1, 0.15) is 5.56 Å². The maximum Gasteiger partial charge on any atom is 0.328 e. The molecule has 1 aromatic heterocycles. The van der Waals surface area contributed by atoms with E-state index in [-0.39, 0.29) is 12.1 Å². The van der Waals surface area contributed by atoms with E-state index in [0.29, 0.717) is 0 Å². The summed E-state index contributed by atoms with van der Waals surface area (Å²) in [6.45, 7) is 0.158. The summed E-state index contributed by atoms with van der Waals surface area (Å²) in [5.74, 6) is -0.533. The highest BCUT2D eigenvalue weighted by atomic mass is 16.7. The van der Waals surface area contributed by atoms with Crippen molar-refractivity contribution in [3.63, 3.8) is 0 Å². The summed E-state index contributed by atoms with van der Waals surface area (Å²) in [7, 11) is 2.90. The average Bonchev–Trinajstić information content (AvgIpc) is 2.27. The third-order valence-electron chi connectivity index (χ3n) is 1.96. The van der Waals surface area contributed by atoms with E-state index in [1.54, 1.807) is 0 Å². The Kier molecular flexibility index (Phi) is 4.61. The van der Waals surface area contributed by atoms with E-state index in [1.165, 1.54) is 14.2 Å². The molecular formula is C9H13N3O5. The molecule has 8 nitrogen and oxygen atoms in total. The van der Waals surface area contributed by atoms with Gasteiger partial charge in [-0.1, -0.05) is 0 Å². The molecule has 0 unspecified atom stereocenters. The molecule has 0 bridgehead atoms. The summed E-state index contributed by atoms with van der Waals surface area (Å²) < 4.78 is 9.75. The molecule has 0 aliphatic heterocycles. The zero-order valence-electron chi connectivity index (χ0n) is 9.39. The van der Waals surface area contributed by atoms with Crippen LogP contribution in [0.15, 0.2) is 14.6 Å². The highest BCUT2D eigenvalue weighted by Gasteiger charge is 2.06. The molecule has 0 amide bonds. The third-order valence-corrected chi connectivity index (χ3v) is 1.96. The van der Waals surface area contributed by atoms with Gasteiger partial charge in [-0.25, -0.2) is 4.79 Å². The number of hydrogen-bond donors (Lipinski definition) is 3. The van der Waals surface area contributed by atoms with Crippen molar-refractivity contribution in [3.8, 4) is 5.88 Å². The predicted molar refractivity (Wildman–Crippen MR) is 59.6 cm³/mol. The Morgan fingerprint density at radius 1 is 1.35 bits per heavy atom. The summed E-state index contributed by atoms with van der Waals surface area (Å²) in [5, 5.41) is 9.32. The van der Waals surface area contributed by atoms with Crippen LogP contribution in [-0.2, 0) is 9.47 Å². The number of rotatable bonds is 5. The molecule has 94 valence electrons. The van der Waals surface area contributed by atoms with E-state index >= 15 is 0 Å². The van der Waals surface area contributed by atoms with Crippen LogP contribution in [0, 0.1) is 0 Å². The fraction of sp³-hybridized carbons (Fsp3) is 0.444. The van der Waals surface area contributed by atoms with Crippen molar-refractivity contribution in [1.29, 1.82) is 0 Å². The molecule has 8 heteroatoms. The Morgan fingerprint density at radius 2 is 2.00 bits per heavy atom. The second kappa shape index (κ2) is 5.97. The first-order valence-corrected chi connectivity index (χ1v) is 4.69. The molecule has 17 heavy (non-hydrogen) atoms. The Hall–Kier alpha value is -1.93. The van der Waals surface area contributed by atoms with Crippen LogP contribution in [0.3, 0.4) is 0 Å². The molecule has 1 aromatic rings. The van der Waals surface area contributed by atoms with Crippen molar-refractivity contribution < 1.29 is 14.6 Å². The highest BCUT2D eigenvalue weighted by molar-refractivity contribution is 5.81. The fourth-order valence-electron chi connectivity index (χ4n) is 1.08. The van der Waals surface area contributed by atoms with Crippen LogP contribution in [0.25, 0.3) is 0 Å². The van der Waals surface area contributed by atoms with Crippen molar-refractivity contribution in [2.24, 2.45) is 4.99 Å². The van der Waals surface area contributed by atoms with Crippen LogP contribution in [0.2, 0.25) is 0 Å². The van der Waals surface area contributed by atoms with E-state index in [0.717, 1.165) is 6.21 Å². The second-order valence-corrected chi connectivity index (χ2v) is 3.07. The van der Waals surface area contributed by atoms with Crippen molar-refractivity contribution in [1.82, 2.24) is 9.97 Å². The zero-order chi connectivity index (χ0) is 12.8. The van der Waals surface area contributed by atoms with Crippen LogP contribution in [0.5, 0.6) is 5.88 Å². The van der Waals surface area contributed by atoms with Gasteiger partial charge in [0.1, 0.15) is 5.56 Å². The smallest absolute Gasteiger partial charge is 0.328 e. The average molecular weight is 243 g/mol. The molecule has 0 spiro atoms. The van der Waals surface area contributed by atoms with Gasteiger partial charge in [-0.15, -0.1) is 0 Å².